The lowest BCUT2D eigenvalue weighted by Gasteiger charge is -2.22. The first-order chi connectivity index (χ1) is 13.3. The molecule has 1 aliphatic heterocycles. The molecule has 3 aromatic heterocycles. The van der Waals surface area contributed by atoms with Crippen molar-refractivity contribution in [2.24, 2.45) is 0 Å². The van der Waals surface area contributed by atoms with E-state index in [2.05, 4.69) is 20.6 Å². The predicted molar refractivity (Wildman–Crippen MR) is 103 cm³/mol. The van der Waals surface area contributed by atoms with Gasteiger partial charge in [0, 0.05) is 29.8 Å². The Morgan fingerprint density at radius 3 is 3.15 bits per heavy atom. The van der Waals surface area contributed by atoms with Crippen LogP contribution in [0, 0.1) is 0 Å². The molecular weight excluding hydrogens is 344 g/mol. The van der Waals surface area contributed by atoms with Crippen LogP contribution in [0.4, 0.5) is 11.5 Å². The fourth-order valence-corrected chi connectivity index (χ4v) is 3.56. The maximum atomic E-state index is 5.56. The van der Waals surface area contributed by atoms with Crippen molar-refractivity contribution in [1.29, 1.82) is 0 Å². The predicted octanol–water partition coefficient (Wildman–Crippen LogP) is 3.41. The quantitative estimate of drug-likeness (QED) is 0.577. The molecule has 0 spiro atoms. The highest BCUT2D eigenvalue weighted by atomic mass is 16.5. The van der Waals surface area contributed by atoms with Crippen LogP contribution in [0.15, 0.2) is 36.8 Å². The van der Waals surface area contributed by atoms with Gasteiger partial charge in [0.25, 0.3) is 0 Å². The molecule has 0 radical (unpaired) electrons. The van der Waals surface area contributed by atoms with E-state index in [1.165, 1.54) is 0 Å². The van der Waals surface area contributed by atoms with Gasteiger partial charge in [-0.15, -0.1) is 0 Å². The van der Waals surface area contributed by atoms with E-state index in [1.54, 1.807) is 7.11 Å². The highest BCUT2D eigenvalue weighted by Gasteiger charge is 2.17. The van der Waals surface area contributed by atoms with Crippen molar-refractivity contribution in [2.75, 3.05) is 25.6 Å². The number of anilines is 2. The first-order valence-corrected chi connectivity index (χ1v) is 9.02. The summed E-state index contributed by atoms with van der Waals surface area (Å²) in [5.41, 5.74) is 2.54. The summed E-state index contributed by atoms with van der Waals surface area (Å²) in [6, 6.07) is 6.13. The Labute approximate surface area is 155 Å². The van der Waals surface area contributed by atoms with Crippen molar-refractivity contribution < 1.29 is 9.47 Å². The van der Waals surface area contributed by atoms with Gasteiger partial charge in [-0.1, -0.05) is 0 Å². The summed E-state index contributed by atoms with van der Waals surface area (Å²) in [7, 11) is 1.66. The van der Waals surface area contributed by atoms with E-state index in [9.17, 15) is 0 Å². The monoisotopic (exact) mass is 364 g/mol. The number of fused-ring (bicyclic) bond motifs is 3. The Balaban J connectivity index is 1.51. The molecule has 0 amide bonds. The number of methoxy groups -OCH3 is 1. The lowest BCUT2D eigenvalue weighted by atomic mass is 10.1. The summed E-state index contributed by atoms with van der Waals surface area (Å²) in [4.78, 5) is 4.76. The maximum absolute atomic E-state index is 5.56. The standard InChI is InChI=1S/C19H20N6O2/c1-26-14-4-5-17-15(7-14)16-9-20-24-18(16)19(23-17)22-12-8-21-25(10-12)13-3-2-6-27-11-13/h4-5,7-10,13H,2-3,6,11H2,1H3,(H,20,24)(H,22,23). The van der Waals surface area contributed by atoms with Crippen LogP contribution in [-0.4, -0.2) is 45.3 Å². The Morgan fingerprint density at radius 1 is 1.33 bits per heavy atom. The SMILES string of the molecule is COc1ccc2nc(Nc3cnn(C4CCCOC4)c3)c3n[nH]cc3c2c1. The second-order valence-corrected chi connectivity index (χ2v) is 6.70. The minimum absolute atomic E-state index is 0.289. The highest BCUT2D eigenvalue weighted by Crippen LogP contribution is 2.31. The molecule has 1 atom stereocenters. The zero-order valence-electron chi connectivity index (χ0n) is 15.0. The number of nitrogens with one attached hydrogen (secondary N) is 2. The van der Waals surface area contributed by atoms with Crippen LogP contribution < -0.4 is 10.1 Å². The first kappa shape index (κ1) is 16.1. The van der Waals surface area contributed by atoms with E-state index in [0.29, 0.717) is 12.4 Å². The summed E-state index contributed by atoms with van der Waals surface area (Å²) in [6.45, 7) is 1.55. The Morgan fingerprint density at radius 2 is 2.30 bits per heavy atom. The van der Waals surface area contributed by atoms with Gasteiger partial charge in [0.1, 0.15) is 11.3 Å². The van der Waals surface area contributed by atoms with Crippen molar-refractivity contribution in [3.63, 3.8) is 0 Å². The normalized spacial score (nSPS) is 17.4. The van der Waals surface area contributed by atoms with Crippen LogP contribution in [0.2, 0.25) is 0 Å². The van der Waals surface area contributed by atoms with Crippen LogP contribution in [0.25, 0.3) is 21.8 Å². The van der Waals surface area contributed by atoms with Gasteiger partial charge in [-0.3, -0.25) is 9.78 Å². The van der Waals surface area contributed by atoms with E-state index in [1.807, 2.05) is 41.5 Å². The fourth-order valence-electron chi connectivity index (χ4n) is 3.56. The van der Waals surface area contributed by atoms with Gasteiger partial charge in [-0.25, -0.2) is 4.98 Å². The summed E-state index contributed by atoms with van der Waals surface area (Å²) >= 11 is 0. The molecule has 1 saturated heterocycles. The second-order valence-electron chi connectivity index (χ2n) is 6.70. The summed E-state index contributed by atoms with van der Waals surface area (Å²) in [6.07, 6.45) is 7.84. The van der Waals surface area contributed by atoms with Crippen LogP contribution in [-0.2, 0) is 4.74 Å². The van der Waals surface area contributed by atoms with Gasteiger partial charge < -0.3 is 14.8 Å². The molecule has 27 heavy (non-hydrogen) atoms. The van der Waals surface area contributed by atoms with Gasteiger partial charge in [-0.05, 0) is 31.0 Å². The topological polar surface area (TPSA) is 89.9 Å². The molecule has 5 rings (SSSR count). The number of aromatic amines is 1. The Hall–Kier alpha value is -3.13. The van der Waals surface area contributed by atoms with Crippen LogP contribution in [0.1, 0.15) is 18.9 Å². The molecule has 8 heteroatoms. The molecule has 0 bridgehead atoms. The largest absolute Gasteiger partial charge is 0.497 e. The molecule has 4 aromatic rings. The molecule has 0 aliphatic carbocycles. The lowest BCUT2D eigenvalue weighted by Crippen LogP contribution is -2.21. The molecule has 4 heterocycles. The molecular formula is C19H20N6O2. The number of ether oxygens (including phenoxy) is 2. The maximum Gasteiger partial charge on any atom is 0.159 e. The summed E-state index contributed by atoms with van der Waals surface area (Å²) < 4.78 is 12.9. The number of aromatic nitrogens is 5. The van der Waals surface area contributed by atoms with E-state index in [-0.39, 0.29) is 6.04 Å². The average molecular weight is 364 g/mol. The van der Waals surface area contributed by atoms with Crippen LogP contribution in [0.5, 0.6) is 5.75 Å². The highest BCUT2D eigenvalue weighted by molar-refractivity contribution is 6.09. The fraction of sp³-hybridized carbons (Fsp3) is 0.316. The minimum Gasteiger partial charge on any atom is -0.497 e. The van der Waals surface area contributed by atoms with Crippen molar-refractivity contribution in [1.82, 2.24) is 25.0 Å². The van der Waals surface area contributed by atoms with Gasteiger partial charge >= 0.3 is 0 Å². The summed E-state index contributed by atoms with van der Waals surface area (Å²) in [5, 5.41) is 17.2. The van der Waals surface area contributed by atoms with Gasteiger partial charge in [0.15, 0.2) is 5.82 Å². The molecule has 1 fully saturated rings. The van der Waals surface area contributed by atoms with E-state index in [0.717, 1.165) is 52.7 Å². The third-order valence-corrected chi connectivity index (χ3v) is 4.97. The number of pyridine rings is 1. The Kier molecular flexibility index (Phi) is 3.90. The molecule has 8 nitrogen and oxygen atoms in total. The number of rotatable bonds is 4. The molecule has 0 saturated carbocycles. The van der Waals surface area contributed by atoms with Gasteiger partial charge in [-0.2, -0.15) is 10.2 Å². The van der Waals surface area contributed by atoms with Gasteiger partial charge in [0.05, 0.1) is 37.2 Å². The number of benzene rings is 1. The zero-order valence-corrected chi connectivity index (χ0v) is 15.0. The molecule has 1 unspecified atom stereocenters. The second kappa shape index (κ2) is 6.55. The molecule has 2 N–H and O–H groups in total. The van der Waals surface area contributed by atoms with Gasteiger partial charge in [0.2, 0.25) is 0 Å². The lowest BCUT2D eigenvalue weighted by molar-refractivity contribution is 0.0549. The van der Waals surface area contributed by atoms with Crippen molar-refractivity contribution in [3.05, 3.63) is 36.8 Å². The van der Waals surface area contributed by atoms with Crippen molar-refractivity contribution >= 4 is 33.3 Å². The zero-order chi connectivity index (χ0) is 18.2. The third kappa shape index (κ3) is 2.87. The van der Waals surface area contributed by atoms with E-state index >= 15 is 0 Å². The third-order valence-electron chi connectivity index (χ3n) is 4.97. The molecule has 138 valence electrons. The molecule has 1 aromatic carbocycles. The van der Waals surface area contributed by atoms with Crippen molar-refractivity contribution in [2.45, 2.75) is 18.9 Å². The van der Waals surface area contributed by atoms with Crippen molar-refractivity contribution in [3.8, 4) is 5.75 Å². The summed E-state index contributed by atoms with van der Waals surface area (Å²) in [5.74, 6) is 1.49. The van der Waals surface area contributed by atoms with Crippen LogP contribution >= 0.6 is 0 Å². The Bertz CT molecular complexity index is 1100. The number of H-pyrrole nitrogens is 1. The average Bonchev–Trinajstić information content (AvgIpc) is 3.38. The number of hydrogen-bond acceptors (Lipinski definition) is 6. The molecule has 1 aliphatic rings. The minimum atomic E-state index is 0.289. The van der Waals surface area contributed by atoms with E-state index < -0.39 is 0 Å². The smallest absolute Gasteiger partial charge is 0.159 e. The number of nitrogens with zero attached hydrogens (tertiary/aromatic N) is 4. The first-order valence-electron chi connectivity index (χ1n) is 9.02. The number of hydrogen-bond donors (Lipinski definition) is 2. The van der Waals surface area contributed by atoms with E-state index in [4.69, 9.17) is 14.5 Å². The van der Waals surface area contributed by atoms with Crippen LogP contribution in [0.3, 0.4) is 0 Å².